The summed E-state index contributed by atoms with van der Waals surface area (Å²) in [5.41, 5.74) is 6.10. The monoisotopic (exact) mass is 608 g/mol. The molecule has 0 fully saturated rings. The molecule has 0 aliphatic heterocycles. The van der Waals surface area contributed by atoms with E-state index in [4.69, 9.17) is 10.5 Å². The van der Waals surface area contributed by atoms with Gasteiger partial charge < -0.3 is 0 Å². The molecule has 0 radical (unpaired) electrons. The quantitative estimate of drug-likeness (QED) is 0.178. The lowest BCUT2D eigenvalue weighted by Crippen LogP contribution is -2.01. The minimum atomic E-state index is -0.431. The van der Waals surface area contributed by atoms with Gasteiger partial charge in [0.05, 0.1) is 27.7 Å². The van der Waals surface area contributed by atoms with Crippen LogP contribution in [-0.4, -0.2) is 9.55 Å². The maximum absolute atomic E-state index is 9.50. The van der Waals surface area contributed by atoms with Gasteiger partial charge in [0.1, 0.15) is 5.82 Å². The van der Waals surface area contributed by atoms with E-state index in [1.165, 1.54) is 0 Å². The molecule has 2 heteroatoms. The molecule has 2 nitrogen and oxygen atoms in total. The molecule has 1 aromatic heterocycles. The normalized spacial score (nSPS) is 14.0. The largest absolute Gasteiger partial charge is 0.296 e. The number of rotatable bonds is 5. The summed E-state index contributed by atoms with van der Waals surface area (Å²) in [7, 11) is 0. The summed E-state index contributed by atoms with van der Waals surface area (Å²) in [5.74, 6) is 0.875. The van der Waals surface area contributed by atoms with Gasteiger partial charge in [-0.05, 0) is 78.5 Å². The fourth-order valence-electron chi connectivity index (χ4n) is 7.01. The average molecular weight is 609 g/mol. The molecular weight excluding hydrogens is 569 g/mol. The Morgan fingerprint density at radius 2 is 1.06 bits per heavy atom. The van der Waals surface area contributed by atoms with Crippen LogP contribution in [0.1, 0.15) is 23.7 Å². The molecule has 0 N–H and O–H groups in total. The molecule has 0 saturated heterocycles. The van der Waals surface area contributed by atoms with Crippen LogP contribution in [0, 0.1) is 0 Å². The Labute approximate surface area is 285 Å². The van der Waals surface area contributed by atoms with Crippen LogP contribution in [0.15, 0.2) is 164 Å². The van der Waals surface area contributed by atoms with E-state index in [1.54, 1.807) is 0 Å². The number of aromatic nitrogens is 2. The van der Waals surface area contributed by atoms with Crippen LogP contribution in [-0.2, 0) is 6.42 Å². The van der Waals surface area contributed by atoms with Gasteiger partial charge in [-0.15, -0.1) is 0 Å². The molecule has 0 amide bonds. The number of hydrogen-bond donors (Lipinski definition) is 0. The predicted octanol–water partition coefficient (Wildman–Crippen LogP) is 12.0. The van der Waals surface area contributed by atoms with E-state index in [0.717, 1.165) is 44.4 Å². The number of hydrogen-bond acceptors (Lipinski definition) is 1. The molecule has 1 heterocycles. The van der Waals surface area contributed by atoms with Gasteiger partial charge >= 0.3 is 0 Å². The molecule has 0 aliphatic rings. The van der Waals surface area contributed by atoms with Crippen molar-refractivity contribution in [2.45, 2.75) is 13.3 Å². The van der Waals surface area contributed by atoms with Gasteiger partial charge in [-0.3, -0.25) is 4.57 Å². The van der Waals surface area contributed by atoms with E-state index >= 15 is 0 Å². The minimum absolute atomic E-state index is 0.182. The van der Waals surface area contributed by atoms with Gasteiger partial charge in [-0.25, -0.2) is 4.98 Å². The highest BCUT2D eigenvalue weighted by Gasteiger charge is 2.21. The Bertz CT molecular complexity index is 2980. The maximum atomic E-state index is 9.50. The lowest BCUT2D eigenvalue weighted by molar-refractivity contribution is 0.913. The SMILES string of the molecule is [2H]c1c([2H])c([2H])c2c(-c3ccc(-n4c(CC)nc5ccccc54)c4ccccc34)c3c([2H])c([2H])c([2H])c([2H])c3c(-c3ccccc3-c3ccccc3)c2c1[2H]. The van der Waals surface area contributed by atoms with Gasteiger partial charge in [0.2, 0.25) is 0 Å². The summed E-state index contributed by atoms with van der Waals surface area (Å²) in [5, 5.41) is 2.33. The van der Waals surface area contributed by atoms with Gasteiger partial charge in [0, 0.05) is 11.8 Å². The molecule has 0 bridgehead atoms. The van der Waals surface area contributed by atoms with E-state index < -0.39 is 24.2 Å². The highest BCUT2D eigenvalue weighted by Crippen LogP contribution is 2.47. The van der Waals surface area contributed by atoms with Crippen molar-refractivity contribution in [3.05, 3.63) is 169 Å². The molecule has 0 spiro atoms. The van der Waals surface area contributed by atoms with Gasteiger partial charge in [0.25, 0.3) is 0 Å². The van der Waals surface area contributed by atoms with Gasteiger partial charge in [0.15, 0.2) is 0 Å². The Morgan fingerprint density at radius 1 is 0.511 bits per heavy atom. The van der Waals surface area contributed by atoms with Gasteiger partial charge in [-0.2, -0.15) is 0 Å². The topological polar surface area (TPSA) is 17.8 Å². The highest BCUT2D eigenvalue weighted by molar-refractivity contribution is 6.24. The third-order valence-corrected chi connectivity index (χ3v) is 9.01. The first-order chi connectivity index (χ1) is 26.6. The molecule has 9 rings (SSSR count). The van der Waals surface area contributed by atoms with Crippen molar-refractivity contribution in [1.29, 1.82) is 0 Å². The molecule has 0 atom stereocenters. The van der Waals surface area contributed by atoms with Crippen molar-refractivity contribution >= 4 is 43.4 Å². The highest BCUT2D eigenvalue weighted by atomic mass is 15.1. The molecule has 0 saturated carbocycles. The van der Waals surface area contributed by atoms with E-state index in [-0.39, 0.29) is 45.7 Å². The van der Waals surface area contributed by atoms with Gasteiger partial charge in [-0.1, -0.05) is 152 Å². The third-order valence-electron chi connectivity index (χ3n) is 9.01. The van der Waals surface area contributed by atoms with Crippen LogP contribution >= 0.6 is 0 Å². The molecule has 0 unspecified atom stereocenters. The predicted molar refractivity (Wildman–Crippen MR) is 199 cm³/mol. The lowest BCUT2D eigenvalue weighted by atomic mass is 9.83. The third kappa shape index (κ3) is 4.30. The number of fused-ring (bicyclic) bond motifs is 4. The Balaban J connectivity index is 1.52. The summed E-state index contributed by atoms with van der Waals surface area (Å²) in [6.07, 6.45) is 0.679. The molecular formula is C45H32N2. The van der Waals surface area contributed by atoms with Crippen molar-refractivity contribution in [3.63, 3.8) is 0 Å². The Kier molecular flexibility index (Phi) is 4.78. The van der Waals surface area contributed by atoms with Crippen LogP contribution in [0.25, 0.3) is 82.4 Å². The first-order valence-electron chi connectivity index (χ1n) is 19.7. The van der Waals surface area contributed by atoms with E-state index in [1.807, 2.05) is 115 Å². The summed E-state index contributed by atoms with van der Waals surface area (Å²) >= 11 is 0. The number of nitrogens with zero attached hydrogens (tertiary/aromatic N) is 2. The zero-order valence-corrected chi connectivity index (χ0v) is 25.6. The fourth-order valence-corrected chi connectivity index (χ4v) is 7.01. The fraction of sp³-hybridized carbons (Fsp3) is 0.0444. The van der Waals surface area contributed by atoms with E-state index in [9.17, 15) is 5.48 Å². The standard InChI is InChI=1S/C45H32N2/c1-2-43-46-40-26-14-15-27-42(40)47(43)41-29-28-39(32-19-7-8-20-33(32)41)45-37-24-12-10-22-35(37)44(36-23-11-13-25-38(36)45)34-21-9-6-18-31(34)30-16-4-3-5-17-30/h3-29H,2H2,1H3/i10D,11D,12D,13D,22D,23D,24D,25D. The zero-order valence-electron chi connectivity index (χ0n) is 33.6. The second-order valence-electron chi connectivity index (χ2n) is 11.5. The number of para-hydroxylation sites is 2. The molecule has 47 heavy (non-hydrogen) atoms. The minimum Gasteiger partial charge on any atom is -0.296 e. The molecule has 0 aliphatic carbocycles. The van der Waals surface area contributed by atoms with E-state index in [2.05, 4.69) is 11.5 Å². The van der Waals surface area contributed by atoms with Crippen LogP contribution in [0.2, 0.25) is 0 Å². The number of imidazole rings is 1. The van der Waals surface area contributed by atoms with Crippen LogP contribution < -0.4 is 0 Å². The molecule has 9 aromatic rings. The Hall–Kier alpha value is -5.99. The molecule has 8 aromatic carbocycles. The molecule has 222 valence electrons. The average Bonchev–Trinajstić information content (AvgIpc) is 3.61. The summed E-state index contributed by atoms with van der Waals surface area (Å²) in [4.78, 5) is 4.92. The Morgan fingerprint density at radius 3 is 1.74 bits per heavy atom. The zero-order chi connectivity index (χ0) is 38.3. The number of benzene rings is 8. The van der Waals surface area contributed by atoms with Crippen molar-refractivity contribution in [1.82, 2.24) is 9.55 Å². The van der Waals surface area contributed by atoms with Crippen LogP contribution in [0.3, 0.4) is 0 Å². The summed E-state index contributed by atoms with van der Waals surface area (Å²) in [6, 6.07) is 33.9. The summed E-state index contributed by atoms with van der Waals surface area (Å²) < 4.78 is 75.7. The first-order valence-corrected chi connectivity index (χ1v) is 15.7. The van der Waals surface area contributed by atoms with Crippen molar-refractivity contribution in [2.75, 3.05) is 0 Å². The number of aryl methyl sites for hydroxylation is 1. The van der Waals surface area contributed by atoms with Crippen molar-refractivity contribution in [2.24, 2.45) is 0 Å². The second-order valence-corrected chi connectivity index (χ2v) is 11.5. The van der Waals surface area contributed by atoms with E-state index in [0.29, 0.717) is 28.7 Å². The van der Waals surface area contributed by atoms with Crippen molar-refractivity contribution in [3.8, 4) is 39.1 Å². The smallest absolute Gasteiger partial charge is 0.114 e. The van der Waals surface area contributed by atoms with Crippen LogP contribution in [0.5, 0.6) is 0 Å². The first kappa shape index (κ1) is 20.2. The summed E-state index contributed by atoms with van der Waals surface area (Å²) in [6.45, 7) is 2.06. The second kappa shape index (κ2) is 11.1. The van der Waals surface area contributed by atoms with Crippen LogP contribution in [0.4, 0.5) is 0 Å². The lowest BCUT2D eigenvalue weighted by Gasteiger charge is -2.21. The van der Waals surface area contributed by atoms with Crippen molar-refractivity contribution < 1.29 is 11.0 Å². The maximum Gasteiger partial charge on any atom is 0.114 e.